The summed E-state index contributed by atoms with van der Waals surface area (Å²) in [4.78, 5) is 31.8. The molecule has 0 unspecified atom stereocenters. The second-order valence-corrected chi connectivity index (χ2v) is 7.90. The van der Waals surface area contributed by atoms with Crippen molar-refractivity contribution in [2.75, 3.05) is 49.6 Å². The predicted molar refractivity (Wildman–Crippen MR) is 118 cm³/mol. The van der Waals surface area contributed by atoms with Gasteiger partial charge in [-0.3, -0.25) is 9.59 Å². The fourth-order valence-corrected chi connectivity index (χ4v) is 4.42. The van der Waals surface area contributed by atoms with E-state index in [1.54, 1.807) is 12.0 Å². The molecule has 2 heterocycles. The molecule has 2 aliphatic heterocycles. The number of benzene rings is 2. The summed E-state index contributed by atoms with van der Waals surface area (Å²) in [5.74, 6) is 0.739. The average Bonchev–Trinajstić information content (AvgIpc) is 3.20. The van der Waals surface area contributed by atoms with Crippen LogP contribution < -0.4 is 14.5 Å². The van der Waals surface area contributed by atoms with Gasteiger partial charge in [-0.2, -0.15) is 0 Å². The highest BCUT2D eigenvalue weighted by molar-refractivity contribution is 6.00. The highest BCUT2D eigenvalue weighted by Crippen LogP contribution is 2.30. The Morgan fingerprint density at radius 1 is 1.03 bits per heavy atom. The smallest absolute Gasteiger partial charge is 0.228 e. The number of rotatable bonds is 5. The molecule has 0 spiro atoms. The number of ether oxygens (including phenoxy) is 1. The monoisotopic (exact) mass is 407 g/mol. The van der Waals surface area contributed by atoms with Gasteiger partial charge in [0.05, 0.1) is 13.0 Å². The first-order valence-corrected chi connectivity index (χ1v) is 10.7. The Kier molecular flexibility index (Phi) is 5.93. The number of methoxy groups -OCH3 is 1. The number of nitrogens with zero attached hydrogens (tertiary/aromatic N) is 3. The molecular formula is C24H29N3O3. The third-order valence-corrected chi connectivity index (χ3v) is 6.17. The van der Waals surface area contributed by atoms with Crippen LogP contribution in [0.4, 0.5) is 11.4 Å². The van der Waals surface area contributed by atoms with Crippen LogP contribution in [0.3, 0.4) is 0 Å². The third kappa shape index (κ3) is 3.99. The van der Waals surface area contributed by atoms with Crippen LogP contribution in [0.5, 0.6) is 5.75 Å². The van der Waals surface area contributed by atoms with Crippen molar-refractivity contribution in [2.24, 2.45) is 5.92 Å². The summed E-state index contributed by atoms with van der Waals surface area (Å²) in [5.41, 5.74) is 3.23. The summed E-state index contributed by atoms with van der Waals surface area (Å²) in [6.07, 6.45) is 1.17. The van der Waals surface area contributed by atoms with Crippen LogP contribution in [0.15, 0.2) is 48.5 Å². The Morgan fingerprint density at radius 2 is 1.73 bits per heavy atom. The summed E-state index contributed by atoms with van der Waals surface area (Å²) >= 11 is 0. The van der Waals surface area contributed by atoms with Crippen molar-refractivity contribution in [3.8, 4) is 5.75 Å². The number of carbonyl (C=O) groups is 2. The molecule has 30 heavy (non-hydrogen) atoms. The maximum absolute atomic E-state index is 13.1. The number of hydrogen-bond donors (Lipinski definition) is 0. The van der Waals surface area contributed by atoms with Crippen molar-refractivity contribution in [1.82, 2.24) is 4.90 Å². The molecule has 2 saturated heterocycles. The standard InChI is InChI=1S/C24H29N3O3/c1-3-18-6-4-5-7-22(18)27-17-19(16-23(27)28)24(29)26-14-12-25(13-15-26)20-8-10-21(30-2)11-9-20/h4-11,19H,3,12-17H2,1-2H3/t19-/m1/s1. The molecule has 1 atom stereocenters. The molecule has 0 radical (unpaired) electrons. The van der Waals surface area contributed by atoms with Gasteiger partial charge in [0.15, 0.2) is 0 Å². The maximum Gasteiger partial charge on any atom is 0.228 e. The Morgan fingerprint density at radius 3 is 2.40 bits per heavy atom. The minimum atomic E-state index is -0.255. The number of anilines is 2. The highest BCUT2D eigenvalue weighted by Gasteiger charge is 2.38. The molecule has 0 N–H and O–H groups in total. The lowest BCUT2D eigenvalue weighted by atomic mass is 10.1. The van der Waals surface area contributed by atoms with E-state index in [9.17, 15) is 9.59 Å². The van der Waals surface area contributed by atoms with Crippen molar-refractivity contribution in [2.45, 2.75) is 19.8 Å². The Balaban J connectivity index is 1.37. The van der Waals surface area contributed by atoms with Crippen molar-refractivity contribution < 1.29 is 14.3 Å². The normalized spacial score (nSPS) is 19.3. The summed E-state index contributed by atoms with van der Waals surface area (Å²) in [5, 5.41) is 0. The Hall–Kier alpha value is -3.02. The molecule has 2 fully saturated rings. The van der Waals surface area contributed by atoms with Crippen LogP contribution in [0.2, 0.25) is 0 Å². The van der Waals surface area contributed by atoms with Gasteiger partial charge in [-0.15, -0.1) is 0 Å². The zero-order chi connectivity index (χ0) is 21.1. The lowest BCUT2D eigenvalue weighted by Gasteiger charge is -2.37. The minimum absolute atomic E-state index is 0.0473. The Bertz CT molecular complexity index is 904. The molecule has 6 nitrogen and oxygen atoms in total. The molecular weight excluding hydrogens is 378 g/mol. The lowest BCUT2D eigenvalue weighted by molar-refractivity contribution is -0.136. The van der Waals surface area contributed by atoms with Gasteiger partial charge in [-0.1, -0.05) is 25.1 Å². The molecule has 2 amide bonds. The van der Waals surface area contributed by atoms with E-state index in [1.807, 2.05) is 35.2 Å². The molecule has 0 aliphatic carbocycles. The van der Waals surface area contributed by atoms with E-state index in [2.05, 4.69) is 30.0 Å². The van der Waals surface area contributed by atoms with Crippen LogP contribution >= 0.6 is 0 Å². The number of para-hydroxylation sites is 1. The first kappa shape index (κ1) is 20.3. The van der Waals surface area contributed by atoms with Gasteiger partial charge in [-0.25, -0.2) is 0 Å². The van der Waals surface area contributed by atoms with Crippen molar-refractivity contribution in [3.05, 3.63) is 54.1 Å². The quantitative estimate of drug-likeness (QED) is 0.765. The first-order chi connectivity index (χ1) is 14.6. The van der Waals surface area contributed by atoms with Gasteiger partial charge in [0.2, 0.25) is 11.8 Å². The van der Waals surface area contributed by atoms with E-state index in [0.717, 1.165) is 42.2 Å². The van der Waals surface area contributed by atoms with Crippen LogP contribution in [0.25, 0.3) is 0 Å². The van der Waals surface area contributed by atoms with Crippen molar-refractivity contribution in [3.63, 3.8) is 0 Å². The predicted octanol–water partition coefficient (Wildman–Crippen LogP) is 2.96. The molecule has 6 heteroatoms. The zero-order valence-corrected chi connectivity index (χ0v) is 17.7. The van der Waals surface area contributed by atoms with Gasteiger partial charge in [-0.05, 0) is 42.3 Å². The minimum Gasteiger partial charge on any atom is -0.497 e. The molecule has 0 bridgehead atoms. The van der Waals surface area contributed by atoms with E-state index in [1.165, 1.54) is 0 Å². The second kappa shape index (κ2) is 8.78. The lowest BCUT2D eigenvalue weighted by Crippen LogP contribution is -2.50. The van der Waals surface area contributed by atoms with E-state index < -0.39 is 0 Å². The van der Waals surface area contributed by atoms with E-state index in [-0.39, 0.29) is 17.7 Å². The van der Waals surface area contributed by atoms with Crippen LogP contribution in [-0.2, 0) is 16.0 Å². The maximum atomic E-state index is 13.1. The van der Waals surface area contributed by atoms with Gasteiger partial charge < -0.3 is 19.4 Å². The van der Waals surface area contributed by atoms with Gasteiger partial charge in [0, 0.05) is 50.5 Å². The molecule has 0 saturated carbocycles. The molecule has 2 aromatic rings. The van der Waals surface area contributed by atoms with Crippen LogP contribution in [-0.4, -0.2) is 56.5 Å². The second-order valence-electron chi connectivity index (χ2n) is 7.90. The van der Waals surface area contributed by atoms with Crippen molar-refractivity contribution in [1.29, 1.82) is 0 Å². The number of piperazine rings is 1. The molecule has 2 aliphatic rings. The molecule has 2 aromatic carbocycles. The summed E-state index contributed by atoms with van der Waals surface area (Å²) in [6, 6.07) is 16.0. The fourth-order valence-electron chi connectivity index (χ4n) is 4.42. The third-order valence-electron chi connectivity index (χ3n) is 6.17. The van der Waals surface area contributed by atoms with Crippen LogP contribution in [0.1, 0.15) is 18.9 Å². The van der Waals surface area contributed by atoms with E-state index in [0.29, 0.717) is 26.1 Å². The SMILES string of the molecule is CCc1ccccc1N1C[C@H](C(=O)N2CCN(c3ccc(OC)cc3)CC2)CC1=O. The van der Waals surface area contributed by atoms with Gasteiger partial charge in [0.25, 0.3) is 0 Å². The molecule has 0 aromatic heterocycles. The topological polar surface area (TPSA) is 53.1 Å². The van der Waals surface area contributed by atoms with E-state index in [4.69, 9.17) is 4.74 Å². The largest absolute Gasteiger partial charge is 0.497 e. The first-order valence-electron chi connectivity index (χ1n) is 10.7. The van der Waals surface area contributed by atoms with Crippen LogP contribution in [0, 0.1) is 5.92 Å². The Labute approximate surface area is 178 Å². The number of carbonyl (C=O) groups excluding carboxylic acids is 2. The number of hydrogen-bond acceptors (Lipinski definition) is 4. The zero-order valence-electron chi connectivity index (χ0n) is 17.7. The summed E-state index contributed by atoms with van der Waals surface area (Å²) in [6.45, 7) is 5.52. The van der Waals surface area contributed by atoms with E-state index >= 15 is 0 Å². The molecule has 158 valence electrons. The number of aryl methyl sites for hydroxylation is 1. The van der Waals surface area contributed by atoms with Gasteiger partial charge in [0.1, 0.15) is 5.75 Å². The fraction of sp³-hybridized carbons (Fsp3) is 0.417. The average molecular weight is 408 g/mol. The number of amides is 2. The summed E-state index contributed by atoms with van der Waals surface area (Å²) in [7, 11) is 1.66. The van der Waals surface area contributed by atoms with Gasteiger partial charge >= 0.3 is 0 Å². The van der Waals surface area contributed by atoms with Crippen molar-refractivity contribution >= 4 is 23.2 Å². The highest BCUT2D eigenvalue weighted by atomic mass is 16.5. The summed E-state index contributed by atoms with van der Waals surface area (Å²) < 4.78 is 5.22. The molecule has 4 rings (SSSR count).